The van der Waals surface area contributed by atoms with Gasteiger partial charge in [-0.3, -0.25) is 0 Å². The van der Waals surface area contributed by atoms with Crippen molar-refractivity contribution in [1.82, 2.24) is 9.97 Å². The first kappa shape index (κ1) is 15.8. The first-order valence-electron chi connectivity index (χ1n) is 7.96. The number of nitrogens with one attached hydrogen (secondary N) is 1. The van der Waals surface area contributed by atoms with Crippen LogP contribution in [0.15, 0.2) is 63.5 Å². The van der Waals surface area contributed by atoms with Gasteiger partial charge in [0.25, 0.3) is 0 Å². The molecule has 0 bridgehead atoms. The lowest BCUT2D eigenvalue weighted by molar-refractivity contribution is 0.164. The van der Waals surface area contributed by atoms with Crippen molar-refractivity contribution in [3.8, 4) is 0 Å². The maximum Gasteiger partial charge on any atom is 0.138 e. The number of allylic oxidation sites excluding steroid dienone is 6. The highest BCUT2D eigenvalue weighted by Crippen LogP contribution is 2.40. The molecule has 0 amide bonds. The quantitative estimate of drug-likeness (QED) is 0.797. The van der Waals surface area contributed by atoms with Crippen molar-refractivity contribution in [2.45, 2.75) is 17.7 Å². The Bertz CT molecular complexity index is 892. The largest absolute Gasteiger partial charge is 0.376 e. The molecule has 2 aliphatic rings. The number of hydrogen-bond acceptors (Lipinski definition) is 3. The van der Waals surface area contributed by atoms with E-state index in [0.717, 1.165) is 41.2 Å². The van der Waals surface area contributed by atoms with Gasteiger partial charge in [-0.1, -0.05) is 41.6 Å². The van der Waals surface area contributed by atoms with E-state index in [9.17, 15) is 0 Å². The zero-order chi connectivity index (χ0) is 16.4. The molecular weight excluding hydrogens is 340 g/mol. The molecule has 5 heteroatoms. The molecule has 0 saturated heterocycles. The Morgan fingerprint density at radius 1 is 1.29 bits per heavy atom. The van der Waals surface area contributed by atoms with Crippen LogP contribution in [-0.2, 0) is 4.74 Å². The van der Waals surface area contributed by atoms with Crippen LogP contribution in [0.5, 0.6) is 0 Å². The molecule has 0 fully saturated rings. The number of nitrogens with zero attached hydrogens (tertiary/aromatic N) is 1. The molecule has 0 unspecified atom stereocenters. The molecule has 0 atom stereocenters. The van der Waals surface area contributed by atoms with Gasteiger partial charge >= 0.3 is 0 Å². The van der Waals surface area contributed by atoms with Gasteiger partial charge in [0.2, 0.25) is 0 Å². The summed E-state index contributed by atoms with van der Waals surface area (Å²) < 4.78 is 5.64. The van der Waals surface area contributed by atoms with Crippen LogP contribution in [0.2, 0.25) is 0 Å². The summed E-state index contributed by atoms with van der Waals surface area (Å²) in [6.45, 7) is 1.44. The van der Waals surface area contributed by atoms with Crippen molar-refractivity contribution in [2.24, 2.45) is 0 Å². The van der Waals surface area contributed by atoms with Gasteiger partial charge in [0.1, 0.15) is 5.65 Å². The molecule has 0 spiro atoms. The minimum absolute atomic E-state index is 0.644. The van der Waals surface area contributed by atoms with E-state index < -0.39 is 0 Å². The second kappa shape index (κ2) is 7.01. The molecule has 24 heavy (non-hydrogen) atoms. The lowest BCUT2D eigenvalue weighted by atomic mass is 10.1. The first-order chi connectivity index (χ1) is 11.8. The Labute approximate surface area is 150 Å². The molecule has 4 rings (SSSR count). The van der Waals surface area contributed by atoms with Crippen LogP contribution in [0.4, 0.5) is 0 Å². The van der Waals surface area contributed by atoms with E-state index in [2.05, 4.69) is 34.3 Å². The van der Waals surface area contributed by atoms with Gasteiger partial charge < -0.3 is 9.72 Å². The summed E-state index contributed by atoms with van der Waals surface area (Å²) in [6.07, 6.45) is 14.0. The van der Waals surface area contributed by atoms with Gasteiger partial charge in [0.15, 0.2) is 0 Å². The number of pyridine rings is 1. The van der Waals surface area contributed by atoms with E-state index in [0.29, 0.717) is 6.61 Å². The Balaban J connectivity index is 1.78. The second-order valence-electron chi connectivity index (χ2n) is 5.69. The fraction of sp³-hybridized carbons (Fsp3) is 0.211. The molecule has 1 aliphatic carbocycles. The highest BCUT2D eigenvalue weighted by atomic mass is 35.5. The predicted molar refractivity (Wildman–Crippen MR) is 101 cm³/mol. The zero-order valence-corrected chi connectivity index (χ0v) is 14.7. The lowest BCUT2D eigenvalue weighted by Crippen LogP contribution is -2.05. The Kier molecular flexibility index (Phi) is 4.60. The van der Waals surface area contributed by atoms with Gasteiger partial charge in [-0.2, -0.15) is 0 Å². The van der Waals surface area contributed by atoms with E-state index in [1.54, 1.807) is 11.8 Å². The summed E-state index contributed by atoms with van der Waals surface area (Å²) in [6, 6.07) is 4.10. The average molecular weight is 357 g/mol. The summed E-state index contributed by atoms with van der Waals surface area (Å²) in [7, 11) is 0. The topological polar surface area (TPSA) is 37.9 Å². The van der Waals surface area contributed by atoms with Crippen molar-refractivity contribution in [2.75, 3.05) is 13.2 Å². The van der Waals surface area contributed by atoms with Gasteiger partial charge in [0, 0.05) is 21.5 Å². The molecule has 0 radical (unpaired) electrons. The maximum atomic E-state index is 6.09. The summed E-state index contributed by atoms with van der Waals surface area (Å²) >= 11 is 7.87. The molecule has 3 heterocycles. The maximum absolute atomic E-state index is 6.09. The standard InChI is InChI=1S/C19H17ClN2OS/c20-14-5-1-6-15(9-8-14)24-18-16-7-2-10-21-19(16)22-17(18)13-4-3-11-23-12-13/h1-2,4-5,7-10H,3,6,11-12H2,(H,21,22). The van der Waals surface area contributed by atoms with E-state index in [-0.39, 0.29) is 0 Å². The molecule has 0 aromatic carbocycles. The van der Waals surface area contributed by atoms with Crippen molar-refractivity contribution >= 4 is 40.0 Å². The van der Waals surface area contributed by atoms with Crippen LogP contribution in [0.25, 0.3) is 16.6 Å². The third-order valence-corrected chi connectivity index (χ3v) is 5.46. The van der Waals surface area contributed by atoms with Gasteiger partial charge in [-0.15, -0.1) is 0 Å². The van der Waals surface area contributed by atoms with Crippen LogP contribution < -0.4 is 0 Å². The van der Waals surface area contributed by atoms with Crippen molar-refractivity contribution in [1.29, 1.82) is 0 Å². The zero-order valence-electron chi connectivity index (χ0n) is 13.1. The number of halogens is 1. The normalized spacial score (nSPS) is 18.1. The third kappa shape index (κ3) is 3.22. The molecule has 1 aliphatic heterocycles. The van der Waals surface area contributed by atoms with E-state index in [1.165, 1.54) is 15.4 Å². The minimum atomic E-state index is 0.644. The minimum Gasteiger partial charge on any atom is -0.376 e. The number of rotatable bonds is 3. The molecule has 122 valence electrons. The Morgan fingerprint density at radius 3 is 3.12 bits per heavy atom. The smallest absolute Gasteiger partial charge is 0.138 e. The van der Waals surface area contributed by atoms with Crippen LogP contribution in [0.1, 0.15) is 18.5 Å². The van der Waals surface area contributed by atoms with Crippen LogP contribution in [0, 0.1) is 0 Å². The number of aromatic nitrogens is 2. The third-order valence-electron chi connectivity index (χ3n) is 4.01. The summed E-state index contributed by atoms with van der Waals surface area (Å²) in [5.74, 6) is 0. The Morgan fingerprint density at radius 2 is 2.25 bits per heavy atom. The Hall–Kier alpha value is -1.75. The van der Waals surface area contributed by atoms with Crippen molar-refractivity contribution < 1.29 is 4.74 Å². The van der Waals surface area contributed by atoms with E-state index in [1.807, 2.05) is 24.4 Å². The molecule has 2 aromatic heterocycles. The highest BCUT2D eigenvalue weighted by molar-refractivity contribution is 8.03. The van der Waals surface area contributed by atoms with Crippen molar-refractivity contribution in [3.05, 3.63) is 64.3 Å². The van der Waals surface area contributed by atoms with Crippen LogP contribution in [0.3, 0.4) is 0 Å². The number of thioether (sulfide) groups is 1. The van der Waals surface area contributed by atoms with E-state index >= 15 is 0 Å². The van der Waals surface area contributed by atoms with Crippen molar-refractivity contribution in [3.63, 3.8) is 0 Å². The monoisotopic (exact) mass is 356 g/mol. The fourth-order valence-corrected chi connectivity index (χ4v) is 4.14. The van der Waals surface area contributed by atoms with Gasteiger partial charge in [0.05, 0.1) is 18.9 Å². The number of hydrogen-bond donors (Lipinski definition) is 1. The fourth-order valence-electron chi connectivity index (χ4n) is 2.85. The average Bonchev–Trinajstić information content (AvgIpc) is 2.85. The number of fused-ring (bicyclic) bond motifs is 1. The SMILES string of the molecule is ClC1=CC=C(Sc2c(C3=CCCOC3)[nH]c3ncccc23)CC=C1. The van der Waals surface area contributed by atoms with Crippen LogP contribution >= 0.6 is 23.4 Å². The second-order valence-corrected chi connectivity index (χ2v) is 7.27. The summed E-state index contributed by atoms with van der Waals surface area (Å²) in [5.41, 5.74) is 3.25. The number of H-pyrrole nitrogens is 1. The molecule has 1 N–H and O–H groups in total. The van der Waals surface area contributed by atoms with Gasteiger partial charge in [-0.05, 0) is 47.6 Å². The number of aromatic amines is 1. The predicted octanol–water partition coefficient (Wildman–Crippen LogP) is 5.43. The molecular formula is C19H17ClN2OS. The summed E-state index contributed by atoms with van der Waals surface area (Å²) in [4.78, 5) is 10.4. The summed E-state index contributed by atoms with van der Waals surface area (Å²) in [5, 5.41) is 1.91. The van der Waals surface area contributed by atoms with Crippen LogP contribution in [-0.4, -0.2) is 23.2 Å². The molecule has 0 saturated carbocycles. The molecule has 2 aromatic rings. The molecule has 3 nitrogen and oxygen atoms in total. The van der Waals surface area contributed by atoms with E-state index in [4.69, 9.17) is 16.3 Å². The lowest BCUT2D eigenvalue weighted by Gasteiger charge is -2.14. The first-order valence-corrected chi connectivity index (χ1v) is 9.15. The van der Waals surface area contributed by atoms with Gasteiger partial charge in [-0.25, -0.2) is 4.98 Å². The number of ether oxygens (including phenoxy) is 1. The highest BCUT2D eigenvalue weighted by Gasteiger charge is 2.19.